The van der Waals surface area contributed by atoms with Gasteiger partial charge in [-0.05, 0) is 72.6 Å². The number of imide groups is 1. The molecule has 5 aliphatic rings. The number of carbonyl (C=O) groups is 3. The Morgan fingerprint density at radius 2 is 1.57 bits per heavy atom. The highest BCUT2D eigenvalue weighted by molar-refractivity contribution is 9.10. The van der Waals surface area contributed by atoms with Gasteiger partial charge in [0.2, 0.25) is 11.8 Å². The predicted molar refractivity (Wildman–Crippen MR) is 113 cm³/mol. The van der Waals surface area contributed by atoms with Gasteiger partial charge in [0.15, 0.2) is 0 Å². The van der Waals surface area contributed by atoms with Crippen molar-refractivity contribution in [2.24, 2.45) is 35.5 Å². The zero-order chi connectivity index (χ0) is 20.6. The number of ether oxygens (including phenoxy) is 1. The highest BCUT2D eigenvalue weighted by Crippen LogP contribution is 2.65. The van der Waals surface area contributed by atoms with Crippen LogP contribution in [-0.2, 0) is 9.59 Å². The lowest BCUT2D eigenvalue weighted by atomic mass is 9.63. The van der Waals surface area contributed by atoms with Gasteiger partial charge in [-0.1, -0.05) is 34.1 Å². The molecule has 5 nitrogen and oxygen atoms in total. The molecule has 1 aliphatic heterocycles. The van der Waals surface area contributed by atoms with E-state index in [2.05, 4.69) is 28.1 Å². The number of anilines is 1. The lowest BCUT2D eigenvalue weighted by molar-refractivity contribution is -0.124. The molecule has 1 saturated heterocycles. The van der Waals surface area contributed by atoms with E-state index in [4.69, 9.17) is 4.74 Å². The maximum Gasteiger partial charge on any atom is 0.343 e. The Labute approximate surface area is 181 Å². The molecule has 0 aromatic heterocycles. The van der Waals surface area contributed by atoms with Gasteiger partial charge in [0, 0.05) is 4.47 Å². The maximum absolute atomic E-state index is 13.3. The van der Waals surface area contributed by atoms with E-state index in [1.165, 1.54) is 4.90 Å². The molecule has 2 aromatic rings. The van der Waals surface area contributed by atoms with Gasteiger partial charge in [-0.15, -0.1) is 0 Å². The zero-order valence-electron chi connectivity index (χ0n) is 15.9. The summed E-state index contributed by atoms with van der Waals surface area (Å²) in [4.78, 5) is 40.4. The Morgan fingerprint density at radius 3 is 2.20 bits per heavy atom. The molecule has 3 fully saturated rings. The van der Waals surface area contributed by atoms with Crippen LogP contribution in [0.5, 0.6) is 5.75 Å². The highest BCUT2D eigenvalue weighted by atomic mass is 79.9. The average Bonchev–Trinajstić information content (AvgIpc) is 3.53. The molecule has 2 amide bonds. The van der Waals surface area contributed by atoms with Gasteiger partial charge in [0.1, 0.15) is 5.75 Å². The number of carbonyl (C=O) groups excluding carboxylic acids is 3. The summed E-state index contributed by atoms with van der Waals surface area (Å²) in [5.74, 6) is 0.600. The van der Waals surface area contributed by atoms with Gasteiger partial charge in [0.25, 0.3) is 0 Å². The van der Waals surface area contributed by atoms with Crippen LogP contribution in [0.1, 0.15) is 16.8 Å². The van der Waals surface area contributed by atoms with Crippen molar-refractivity contribution < 1.29 is 19.1 Å². The number of rotatable bonds is 3. The Balaban J connectivity index is 1.28. The largest absolute Gasteiger partial charge is 0.423 e. The van der Waals surface area contributed by atoms with Crippen molar-refractivity contribution in [2.45, 2.75) is 6.42 Å². The van der Waals surface area contributed by atoms with Crippen LogP contribution in [0.2, 0.25) is 0 Å². The Kier molecular flexibility index (Phi) is 3.84. The van der Waals surface area contributed by atoms with E-state index in [1.54, 1.807) is 48.5 Å². The molecule has 1 heterocycles. The SMILES string of the molecule is O=C(Oc1ccc(Br)cc1)c1cccc(N2C(=O)[C@@H]3[C@@H]4C=C[C@@H]([C@@H]5C[C@H]45)[C@@H]3C2=O)c1. The summed E-state index contributed by atoms with van der Waals surface area (Å²) in [6.07, 6.45) is 5.44. The first-order chi connectivity index (χ1) is 14.5. The van der Waals surface area contributed by atoms with E-state index in [1.807, 2.05) is 0 Å². The summed E-state index contributed by atoms with van der Waals surface area (Å²) in [5.41, 5.74) is 0.743. The first-order valence-corrected chi connectivity index (χ1v) is 11.0. The van der Waals surface area contributed by atoms with Crippen molar-refractivity contribution in [3.8, 4) is 5.75 Å². The van der Waals surface area contributed by atoms with Crippen LogP contribution in [0.3, 0.4) is 0 Å². The lowest BCUT2D eigenvalue weighted by Gasteiger charge is -2.37. The van der Waals surface area contributed by atoms with Crippen LogP contribution >= 0.6 is 15.9 Å². The van der Waals surface area contributed by atoms with Gasteiger partial charge in [-0.2, -0.15) is 0 Å². The van der Waals surface area contributed by atoms with Crippen LogP contribution in [0.4, 0.5) is 5.69 Å². The lowest BCUT2D eigenvalue weighted by Crippen LogP contribution is -2.40. The number of hydrogen-bond acceptors (Lipinski definition) is 4. The number of halogens is 1. The van der Waals surface area contributed by atoms with Crippen molar-refractivity contribution in [1.29, 1.82) is 0 Å². The zero-order valence-corrected chi connectivity index (χ0v) is 17.5. The Morgan fingerprint density at radius 1 is 0.933 bits per heavy atom. The molecule has 0 radical (unpaired) electrons. The number of esters is 1. The molecule has 2 saturated carbocycles. The summed E-state index contributed by atoms with van der Waals surface area (Å²) in [7, 11) is 0. The monoisotopic (exact) mass is 463 g/mol. The third-order valence-electron chi connectivity index (χ3n) is 7.03. The number of benzene rings is 2. The molecule has 2 aromatic carbocycles. The molecular formula is C24H18BrNO4. The normalized spacial score (nSPS) is 32.8. The van der Waals surface area contributed by atoms with E-state index in [9.17, 15) is 14.4 Å². The van der Waals surface area contributed by atoms with Crippen molar-refractivity contribution in [3.05, 3.63) is 70.7 Å². The van der Waals surface area contributed by atoms with Crippen LogP contribution in [0.25, 0.3) is 0 Å². The molecule has 30 heavy (non-hydrogen) atoms. The fourth-order valence-electron chi connectivity index (χ4n) is 5.65. The molecule has 2 bridgehead atoms. The second-order valence-electron chi connectivity index (χ2n) is 8.56. The topological polar surface area (TPSA) is 63.7 Å². The van der Waals surface area contributed by atoms with Crippen LogP contribution in [0.15, 0.2) is 65.2 Å². The van der Waals surface area contributed by atoms with Crippen molar-refractivity contribution in [2.75, 3.05) is 4.90 Å². The van der Waals surface area contributed by atoms with E-state index in [0.717, 1.165) is 10.9 Å². The molecule has 0 N–H and O–H groups in total. The maximum atomic E-state index is 13.3. The Bertz CT molecular complexity index is 1090. The van der Waals surface area contributed by atoms with Gasteiger partial charge in [-0.3, -0.25) is 9.59 Å². The molecule has 150 valence electrons. The highest BCUT2D eigenvalue weighted by Gasteiger charge is 2.67. The van der Waals surface area contributed by atoms with Gasteiger partial charge in [0.05, 0.1) is 23.1 Å². The molecule has 6 atom stereocenters. The minimum Gasteiger partial charge on any atom is -0.423 e. The van der Waals surface area contributed by atoms with Crippen LogP contribution in [0, 0.1) is 35.5 Å². The minimum absolute atomic E-state index is 0.131. The third-order valence-corrected chi connectivity index (χ3v) is 7.56. The number of allylic oxidation sites excluding steroid dienone is 2. The van der Waals surface area contributed by atoms with Crippen molar-refractivity contribution >= 4 is 39.4 Å². The average molecular weight is 464 g/mol. The minimum atomic E-state index is -0.529. The number of hydrogen-bond donors (Lipinski definition) is 0. The van der Waals surface area contributed by atoms with Crippen molar-refractivity contribution in [1.82, 2.24) is 0 Å². The van der Waals surface area contributed by atoms with E-state index in [-0.39, 0.29) is 35.5 Å². The summed E-state index contributed by atoms with van der Waals surface area (Å²) < 4.78 is 6.31. The fraction of sp³-hybridized carbons (Fsp3) is 0.292. The predicted octanol–water partition coefficient (Wildman–Crippen LogP) is 4.23. The molecule has 4 aliphatic carbocycles. The Hall–Kier alpha value is -2.73. The quantitative estimate of drug-likeness (QED) is 0.295. The summed E-state index contributed by atoms with van der Waals surface area (Å²) in [5, 5.41) is 0. The molecule has 0 unspecified atom stereocenters. The van der Waals surface area contributed by atoms with Crippen LogP contribution < -0.4 is 9.64 Å². The first-order valence-electron chi connectivity index (χ1n) is 10.2. The summed E-state index contributed by atoms with van der Waals surface area (Å²) in [6.45, 7) is 0. The smallest absolute Gasteiger partial charge is 0.343 e. The summed E-state index contributed by atoms with van der Waals surface area (Å²) >= 11 is 3.35. The molecule has 0 spiro atoms. The van der Waals surface area contributed by atoms with Gasteiger partial charge < -0.3 is 4.74 Å². The van der Waals surface area contributed by atoms with Crippen LogP contribution in [-0.4, -0.2) is 17.8 Å². The third kappa shape index (κ3) is 2.56. The second-order valence-corrected chi connectivity index (χ2v) is 9.48. The standard InChI is InChI=1S/C24H18BrNO4/c25-13-4-6-15(7-5-13)30-24(29)12-2-1-3-14(10-12)26-22(27)20-16-8-9-17(19-11-18(16)19)21(20)23(26)28/h1-10,16-21H,11H2/t16-,17+,18-,19+,20-,21+. The fourth-order valence-corrected chi connectivity index (χ4v) is 5.92. The number of nitrogens with zero attached hydrogens (tertiary/aromatic N) is 1. The van der Waals surface area contributed by atoms with E-state index in [0.29, 0.717) is 28.8 Å². The number of amides is 2. The molecular weight excluding hydrogens is 446 g/mol. The van der Waals surface area contributed by atoms with E-state index < -0.39 is 5.97 Å². The van der Waals surface area contributed by atoms with E-state index >= 15 is 0 Å². The molecule has 7 rings (SSSR count). The summed E-state index contributed by atoms with van der Waals surface area (Å²) in [6, 6.07) is 13.5. The van der Waals surface area contributed by atoms with Crippen molar-refractivity contribution in [3.63, 3.8) is 0 Å². The van der Waals surface area contributed by atoms with Gasteiger partial charge >= 0.3 is 5.97 Å². The molecule has 6 heteroatoms. The second kappa shape index (κ2) is 6.38. The van der Waals surface area contributed by atoms with Gasteiger partial charge in [-0.25, -0.2) is 9.69 Å². The first kappa shape index (κ1) is 18.1.